The van der Waals surface area contributed by atoms with E-state index in [4.69, 9.17) is 10.7 Å². The number of rotatable bonds is 4. The summed E-state index contributed by atoms with van der Waals surface area (Å²) in [5.74, 6) is 1.10. The summed E-state index contributed by atoms with van der Waals surface area (Å²) in [5.41, 5.74) is 10.3. The lowest BCUT2D eigenvalue weighted by Crippen LogP contribution is -2.16. The molecule has 30 heavy (non-hydrogen) atoms. The van der Waals surface area contributed by atoms with Gasteiger partial charge in [0.05, 0.1) is 17.3 Å². The third-order valence-corrected chi connectivity index (χ3v) is 4.79. The van der Waals surface area contributed by atoms with Crippen molar-refractivity contribution < 1.29 is 5.11 Å². The molecule has 0 aliphatic heterocycles. The van der Waals surface area contributed by atoms with Gasteiger partial charge in [-0.1, -0.05) is 0 Å². The third-order valence-electron chi connectivity index (χ3n) is 4.79. The Morgan fingerprint density at radius 3 is 2.77 bits per heavy atom. The quantitative estimate of drug-likeness (QED) is 0.475. The zero-order chi connectivity index (χ0) is 21.4. The van der Waals surface area contributed by atoms with Gasteiger partial charge in [0, 0.05) is 11.8 Å². The van der Waals surface area contributed by atoms with Gasteiger partial charge >= 0.3 is 0 Å². The SMILES string of the molecule is Cc1cc(O)cc(-c2nc(C(C)Nc3ncnc(N)c3C#N)nn3ccc(C)c23)c1. The molecule has 0 aliphatic carbocycles. The van der Waals surface area contributed by atoms with Gasteiger partial charge in [-0.25, -0.2) is 19.5 Å². The highest BCUT2D eigenvalue weighted by Gasteiger charge is 2.19. The minimum absolute atomic E-state index is 0.107. The number of aromatic hydroxyl groups is 1. The lowest BCUT2D eigenvalue weighted by molar-refractivity contribution is 0.475. The number of phenols is 1. The molecule has 0 radical (unpaired) electrons. The molecular weight excluding hydrogens is 380 g/mol. The highest BCUT2D eigenvalue weighted by molar-refractivity contribution is 5.80. The number of nitrogen functional groups attached to an aromatic ring is 1. The molecule has 1 unspecified atom stereocenters. The Labute approximate surface area is 172 Å². The van der Waals surface area contributed by atoms with Gasteiger partial charge in [0.25, 0.3) is 0 Å². The van der Waals surface area contributed by atoms with Crippen molar-refractivity contribution in [2.45, 2.75) is 26.8 Å². The van der Waals surface area contributed by atoms with E-state index in [1.165, 1.54) is 6.33 Å². The fourth-order valence-corrected chi connectivity index (χ4v) is 3.37. The van der Waals surface area contributed by atoms with Gasteiger partial charge in [-0.15, -0.1) is 0 Å². The molecule has 3 heterocycles. The number of nitrogens with two attached hydrogens (primary N) is 1. The number of hydrogen-bond acceptors (Lipinski definition) is 8. The number of aryl methyl sites for hydroxylation is 2. The number of benzene rings is 1. The highest BCUT2D eigenvalue weighted by atomic mass is 16.3. The normalized spacial score (nSPS) is 11.9. The average molecular weight is 400 g/mol. The highest BCUT2D eigenvalue weighted by Crippen LogP contribution is 2.30. The fourth-order valence-electron chi connectivity index (χ4n) is 3.37. The Hall–Kier alpha value is -4.19. The first-order valence-electron chi connectivity index (χ1n) is 9.31. The van der Waals surface area contributed by atoms with Gasteiger partial charge < -0.3 is 16.2 Å². The van der Waals surface area contributed by atoms with Crippen molar-refractivity contribution >= 4 is 17.2 Å². The Balaban J connectivity index is 1.83. The van der Waals surface area contributed by atoms with Crippen molar-refractivity contribution in [3.05, 3.63) is 59.3 Å². The van der Waals surface area contributed by atoms with Crippen LogP contribution in [0.5, 0.6) is 5.75 Å². The molecule has 0 bridgehead atoms. The van der Waals surface area contributed by atoms with Gasteiger partial charge in [0.1, 0.15) is 35.3 Å². The van der Waals surface area contributed by atoms with Crippen LogP contribution in [0.4, 0.5) is 11.6 Å². The van der Waals surface area contributed by atoms with Crippen LogP contribution in [0.3, 0.4) is 0 Å². The summed E-state index contributed by atoms with van der Waals surface area (Å²) in [7, 11) is 0. The number of nitrogens with zero attached hydrogens (tertiary/aromatic N) is 6. The van der Waals surface area contributed by atoms with Crippen LogP contribution >= 0.6 is 0 Å². The number of hydrogen-bond donors (Lipinski definition) is 3. The zero-order valence-corrected chi connectivity index (χ0v) is 16.7. The minimum Gasteiger partial charge on any atom is -0.508 e. The van der Waals surface area contributed by atoms with E-state index in [0.717, 1.165) is 22.2 Å². The van der Waals surface area contributed by atoms with Crippen LogP contribution in [0.1, 0.15) is 35.5 Å². The zero-order valence-electron chi connectivity index (χ0n) is 16.7. The van der Waals surface area contributed by atoms with E-state index in [1.807, 2.05) is 45.2 Å². The number of fused-ring (bicyclic) bond motifs is 1. The van der Waals surface area contributed by atoms with Crippen molar-refractivity contribution in [2.75, 3.05) is 11.1 Å². The lowest BCUT2D eigenvalue weighted by atomic mass is 10.1. The third kappa shape index (κ3) is 3.35. The van der Waals surface area contributed by atoms with E-state index < -0.39 is 0 Å². The second-order valence-corrected chi connectivity index (χ2v) is 7.13. The van der Waals surface area contributed by atoms with Crippen LogP contribution in [0.15, 0.2) is 36.8 Å². The van der Waals surface area contributed by atoms with Crippen LogP contribution < -0.4 is 11.1 Å². The number of phenolic OH excluding ortho intramolecular Hbond substituents is 1. The summed E-state index contributed by atoms with van der Waals surface area (Å²) in [6, 6.07) is 8.95. The number of aromatic nitrogens is 5. The molecule has 4 N–H and O–H groups in total. The number of nitrogens with one attached hydrogen (secondary N) is 1. The molecule has 0 saturated heterocycles. The van der Waals surface area contributed by atoms with Crippen LogP contribution in [0, 0.1) is 25.2 Å². The molecule has 3 aromatic heterocycles. The molecule has 0 amide bonds. The monoisotopic (exact) mass is 400 g/mol. The molecule has 150 valence electrons. The van der Waals surface area contributed by atoms with Crippen LogP contribution in [0.25, 0.3) is 16.8 Å². The molecule has 9 nitrogen and oxygen atoms in total. The first-order valence-corrected chi connectivity index (χ1v) is 9.31. The van der Waals surface area contributed by atoms with E-state index in [1.54, 1.807) is 16.6 Å². The summed E-state index contributed by atoms with van der Waals surface area (Å²) < 4.78 is 1.77. The average Bonchev–Trinajstić information content (AvgIpc) is 3.07. The molecule has 1 atom stereocenters. The Morgan fingerprint density at radius 2 is 2.03 bits per heavy atom. The molecule has 4 aromatic rings. The van der Waals surface area contributed by atoms with E-state index in [-0.39, 0.29) is 23.2 Å². The van der Waals surface area contributed by atoms with Crippen LogP contribution in [-0.2, 0) is 0 Å². The number of anilines is 2. The maximum absolute atomic E-state index is 10.1. The van der Waals surface area contributed by atoms with Gasteiger partial charge in [-0.3, -0.25) is 0 Å². The smallest absolute Gasteiger partial charge is 0.171 e. The van der Waals surface area contributed by atoms with Crippen molar-refractivity contribution in [2.24, 2.45) is 0 Å². The molecule has 9 heteroatoms. The first kappa shape index (κ1) is 19.1. The standard InChI is InChI=1S/C21H20N8O/c1-11-6-14(8-15(30)7-11)17-18-12(2)4-5-29(18)28-20(27-17)13(3)26-21-16(9-22)19(23)24-10-25-21/h4-8,10,13,30H,1-3H3,(H3,23,24,25,26). The molecule has 0 fully saturated rings. The molecule has 4 rings (SSSR count). The summed E-state index contributed by atoms with van der Waals surface area (Å²) >= 11 is 0. The molecular formula is C21H20N8O. The van der Waals surface area contributed by atoms with E-state index in [2.05, 4.69) is 20.4 Å². The van der Waals surface area contributed by atoms with Crippen LogP contribution in [0.2, 0.25) is 0 Å². The van der Waals surface area contributed by atoms with E-state index in [0.29, 0.717) is 17.3 Å². The van der Waals surface area contributed by atoms with Gasteiger partial charge in [-0.05, 0) is 56.2 Å². The van der Waals surface area contributed by atoms with E-state index >= 15 is 0 Å². The van der Waals surface area contributed by atoms with Gasteiger partial charge in [-0.2, -0.15) is 10.4 Å². The van der Waals surface area contributed by atoms with Crippen molar-refractivity contribution in [1.29, 1.82) is 5.26 Å². The molecule has 1 aromatic carbocycles. The van der Waals surface area contributed by atoms with Crippen molar-refractivity contribution in [3.8, 4) is 23.1 Å². The second kappa shape index (κ2) is 7.33. The Kier molecular flexibility index (Phi) is 4.68. The maximum atomic E-state index is 10.1. The molecule has 0 aliphatic rings. The Bertz CT molecular complexity index is 1280. The summed E-state index contributed by atoms with van der Waals surface area (Å²) in [6.45, 7) is 5.77. The first-order chi connectivity index (χ1) is 14.4. The predicted octanol–water partition coefficient (Wildman–Crippen LogP) is 3.14. The topological polar surface area (TPSA) is 138 Å². The maximum Gasteiger partial charge on any atom is 0.171 e. The fraction of sp³-hybridized carbons (Fsp3) is 0.190. The van der Waals surface area contributed by atoms with E-state index in [9.17, 15) is 10.4 Å². The second-order valence-electron chi connectivity index (χ2n) is 7.13. The number of nitriles is 1. The lowest BCUT2D eigenvalue weighted by Gasteiger charge is -2.16. The Morgan fingerprint density at radius 1 is 1.23 bits per heavy atom. The molecule has 0 spiro atoms. The van der Waals surface area contributed by atoms with Gasteiger partial charge in [0.2, 0.25) is 0 Å². The summed E-state index contributed by atoms with van der Waals surface area (Å²) in [5, 5.41) is 27.2. The van der Waals surface area contributed by atoms with Crippen LogP contribution in [-0.4, -0.2) is 29.7 Å². The van der Waals surface area contributed by atoms with Gasteiger partial charge in [0.15, 0.2) is 5.82 Å². The van der Waals surface area contributed by atoms with Crippen molar-refractivity contribution in [1.82, 2.24) is 24.6 Å². The minimum atomic E-state index is -0.379. The summed E-state index contributed by atoms with van der Waals surface area (Å²) in [4.78, 5) is 12.8. The molecule has 0 saturated carbocycles. The summed E-state index contributed by atoms with van der Waals surface area (Å²) in [6.07, 6.45) is 3.16. The predicted molar refractivity (Wildman–Crippen MR) is 113 cm³/mol. The van der Waals surface area contributed by atoms with Crippen molar-refractivity contribution in [3.63, 3.8) is 0 Å². The largest absolute Gasteiger partial charge is 0.508 e.